The lowest BCUT2D eigenvalue weighted by Gasteiger charge is -2.25. The molecule has 0 aliphatic rings. The summed E-state index contributed by atoms with van der Waals surface area (Å²) in [6.45, 7) is 4.87. The lowest BCUT2D eigenvalue weighted by atomic mass is 10.0. The number of quaternary nitrogens is 1. The van der Waals surface area contributed by atoms with Crippen LogP contribution >= 0.6 is 0 Å². The molecule has 458 valence electrons. The molecule has 9 heteroatoms. The van der Waals surface area contributed by atoms with E-state index in [4.69, 9.17) is 18.9 Å². The van der Waals surface area contributed by atoms with Crippen LogP contribution in [0.4, 0.5) is 0 Å². The minimum absolute atomic E-state index is 0.184. The van der Waals surface area contributed by atoms with Gasteiger partial charge in [0.1, 0.15) is 13.2 Å². The van der Waals surface area contributed by atoms with Crippen LogP contribution in [0.5, 0.6) is 0 Å². The Balaban J connectivity index is 4.13. The summed E-state index contributed by atoms with van der Waals surface area (Å²) < 4.78 is 22.9. The average Bonchev–Trinajstić information content (AvgIpc) is 3.42. The standard InChI is InChI=1S/C70H125NO8/c1-6-8-10-12-14-16-18-20-22-24-26-28-29-30-31-32-33-34-35-36-37-38-39-41-43-45-47-49-51-53-55-57-59-61-68(73)79-66(65-78-70(69(74)75)76-63-62-71(3,4)5)64-77-67(72)60-58-56-54-52-50-48-46-44-42-40-27-25-23-21-19-17-15-13-11-9-7-2/h18-21,24-27,29-30,42,44,66,70H,6-17,22-23,28,31-41,43,45-65H2,1-5H3/p+1/b20-18-,21-19-,26-24-,27-25-,30-29-,44-42-. The Labute approximate surface area is 487 Å². The second kappa shape index (κ2) is 60.8. The number of carboxylic acids is 1. The molecule has 0 amide bonds. The highest BCUT2D eigenvalue weighted by molar-refractivity contribution is 5.71. The summed E-state index contributed by atoms with van der Waals surface area (Å²) in [5, 5.41) is 9.73. The maximum atomic E-state index is 12.9. The van der Waals surface area contributed by atoms with Crippen LogP contribution in [0.25, 0.3) is 0 Å². The van der Waals surface area contributed by atoms with Crippen molar-refractivity contribution >= 4 is 17.9 Å². The van der Waals surface area contributed by atoms with Gasteiger partial charge in [-0.1, -0.05) is 267 Å². The van der Waals surface area contributed by atoms with Crippen molar-refractivity contribution in [3.63, 3.8) is 0 Å². The number of likely N-dealkylation sites (N-methyl/N-ethyl adjacent to an activating group) is 1. The number of carbonyl (C=O) groups is 3. The van der Waals surface area contributed by atoms with Crippen LogP contribution in [0.3, 0.4) is 0 Å². The van der Waals surface area contributed by atoms with Gasteiger partial charge in [-0.05, 0) is 89.9 Å². The van der Waals surface area contributed by atoms with Crippen molar-refractivity contribution in [3.8, 4) is 0 Å². The van der Waals surface area contributed by atoms with Crippen LogP contribution < -0.4 is 0 Å². The Kier molecular flexibility index (Phi) is 58.3. The molecule has 0 heterocycles. The van der Waals surface area contributed by atoms with Crippen LogP contribution in [0.15, 0.2) is 72.9 Å². The summed E-state index contributed by atoms with van der Waals surface area (Å²) in [4.78, 5) is 37.5. The molecular formula is C70H126NO8+. The first-order chi connectivity index (χ1) is 38.6. The Morgan fingerprint density at radius 3 is 1.01 bits per heavy atom. The zero-order valence-electron chi connectivity index (χ0n) is 52.3. The zero-order chi connectivity index (χ0) is 57.6. The number of carboxylic acid groups (broad SMARTS) is 1. The van der Waals surface area contributed by atoms with E-state index in [9.17, 15) is 19.5 Å². The fourth-order valence-electron chi connectivity index (χ4n) is 9.32. The van der Waals surface area contributed by atoms with E-state index in [2.05, 4.69) is 86.8 Å². The van der Waals surface area contributed by atoms with Crippen LogP contribution in [-0.4, -0.2) is 87.4 Å². The van der Waals surface area contributed by atoms with Crippen LogP contribution in [0.1, 0.15) is 296 Å². The fourth-order valence-corrected chi connectivity index (χ4v) is 9.32. The zero-order valence-corrected chi connectivity index (χ0v) is 52.3. The average molecular weight is 1110 g/mol. The predicted octanol–water partition coefficient (Wildman–Crippen LogP) is 20.1. The number of hydrogen-bond acceptors (Lipinski definition) is 7. The molecule has 0 aromatic heterocycles. The Morgan fingerprint density at radius 2 is 0.684 bits per heavy atom. The SMILES string of the molecule is CCCCCCC/C=C\C/C=C\C/C=C\CCCCCCCCCCCCCCCCCCCCC(=O)OC(COC(=O)CCCCCCCC/C=C\C/C=C\C/C=C\CCCCCCC)COC(OCC[N+](C)(C)C)C(=O)O. The molecule has 0 spiro atoms. The van der Waals surface area contributed by atoms with Gasteiger partial charge in [0.2, 0.25) is 0 Å². The first kappa shape index (κ1) is 75.7. The third kappa shape index (κ3) is 62.2. The molecule has 0 saturated heterocycles. The molecule has 0 radical (unpaired) electrons. The number of aliphatic carboxylic acids is 1. The molecule has 0 aliphatic carbocycles. The number of nitrogens with zero attached hydrogens (tertiary/aromatic N) is 1. The van der Waals surface area contributed by atoms with Gasteiger partial charge in [-0.15, -0.1) is 0 Å². The van der Waals surface area contributed by atoms with E-state index in [-0.39, 0.29) is 38.6 Å². The molecule has 2 atom stereocenters. The van der Waals surface area contributed by atoms with Crippen molar-refractivity contribution in [2.24, 2.45) is 0 Å². The van der Waals surface area contributed by atoms with E-state index in [0.717, 1.165) is 77.0 Å². The van der Waals surface area contributed by atoms with Crippen molar-refractivity contribution in [1.29, 1.82) is 0 Å². The first-order valence-corrected chi connectivity index (χ1v) is 33.1. The number of esters is 2. The molecule has 9 nitrogen and oxygen atoms in total. The summed E-state index contributed by atoms with van der Waals surface area (Å²) in [6, 6.07) is 0. The van der Waals surface area contributed by atoms with E-state index in [1.807, 2.05) is 21.1 Å². The van der Waals surface area contributed by atoms with Gasteiger partial charge in [0.25, 0.3) is 6.29 Å². The molecule has 0 saturated carbocycles. The quantitative estimate of drug-likeness (QED) is 0.0211. The normalized spacial score (nSPS) is 13.2. The van der Waals surface area contributed by atoms with E-state index in [1.165, 1.54) is 193 Å². The molecule has 0 fully saturated rings. The second-order valence-electron chi connectivity index (χ2n) is 23.4. The van der Waals surface area contributed by atoms with Crippen molar-refractivity contribution in [3.05, 3.63) is 72.9 Å². The van der Waals surface area contributed by atoms with E-state index in [0.29, 0.717) is 11.0 Å². The summed E-state index contributed by atoms with van der Waals surface area (Å²) in [5.74, 6) is -2.01. The van der Waals surface area contributed by atoms with Gasteiger partial charge >= 0.3 is 17.9 Å². The minimum Gasteiger partial charge on any atom is -0.477 e. The maximum absolute atomic E-state index is 12.9. The number of hydrogen-bond donors (Lipinski definition) is 1. The fraction of sp³-hybridized carbons (Fsp3) is 0.786. The molecule has 0 rings (SSSR count). The third-order valence-electron chi connectivity index (χ3n) is 14.4. The van der Waals surface area contributed by atoms with Crippen molar-refractivity contribution in [2.75, 3.05) is 47.5 Å². The lowest BCUT2D eigenvalue weighted by Crippen LogP contribution is -2.40. The smallest absolute Gasteiger partial charge is 0.361 e. The van der Waals surface area contributed by atoms with Crippen LogP contribution in [-0.2, 0) is 33.3 Å². The third-order valence-corrected chi connectivity index (χ3v) is 14.4. The number of rotatable bonds is 61. The lowest BCUT2D eigenvalue weighted by molar-refractivity contribution is -0.870. The summed E-state index contributed by atoms with van der Waals surface area (Å²) in [5.41, 5.74) is 0. The second-order valence-corrected chi connectivity index (χ2v) is 23.4. The first-order valence-electron chi connectivity index (χ1n) is 33.1. The molecule has 0 aliphatic heterocycles. The number of allylic oxidation sites excluding steroid dienone is 12. The van der Waals surface area contributed by atoms with Gasteiger partial charge < -0.3 is 28.5 Å². The van der Waals surface area contributed by atoms with Gasteiger partial charge in [-0.3, -0.25) is 9.59 Å². The molecule has 79 heavy (non-hydrogen) atoms. The minimum atomic E-state index is -1.52. The largest absolute Gasteiger partial charge is 0.477 e. The number of unbranched alkanes of at least 4 members (excludes halogenated alkanes) is 34. The van der Waals surface area contributed by atoms with E-state index >= 15 is 0 Å². The van der Waals surface area contributed by atoms with Crippen LogP contribution in [0, 0.1) is 0 Å². The predicted molar refractivity (Wildman–Crippen MR) is 336 cm³/mol. The molecule has 0 bridgehead atoms. The Morgan fingerprint density at radius 1 is 0.380 bits per heavy atom. The summed E-state index contributed by atoms with van der Waals surface area (Å²) >= 11 is 0. The van der Waals surface area contributed by atoms with Crippen molar-refractivity contribution in [1.82, 2.24) is 0 Å². The maximum Gasteiger partial charge on any atom is 0.361 e. The van der Waals surface area contributed by atoms with Gasteiger partial charge in [0.15, 0.2) is 6.10 Å². The number of carbonyl (C=O) groups excluding carboxylic acids is 2. The highest BCUT2D eigenvalue weighted by Gasteiger charge is 2.25. The molecule has 0 aromatic rings. The molecule has 0 aromatic carbocycles. The summed E-state index contributed by atoms with van der Waals surface area (Å²) in [7, 11) is 5.97. The van der Waals surface area contributed by atoms with Gasteiger partial charge in [0.05, 0.1) is 34.4 Å². The van der Waals surface area contributed by atoms with Gasteiger partial charge in [0, 0.05) is 12.8 Å². The van der Waals surface area contributed by atoms with E-state index in [1.54, 1.807) is 0 Å². The summed E-state index contributed by atoms with van der Waals surface area (Å²) in [6.07, 6.45) is 77.1. The number of ether oxygens (including phenoxy) is 4. The Hall–Kier alpha value is -3.27. The monoisotopic (exact) mass is 1110 g/mol. The molecule has 2 unspecified atom stereocenters. The Bertz CT molecular complexity index is 1520. The van der Waals surface area contributed by atoms with Gasteiger partial charge in [-0.2, -0.15) is 0 Å². The van der Waals surface area contributed by atoms with Crippen molar-refractivity contribution < 1.29 is 42.9 Å². The highest BCUT2D eigenvalue weighted by atomic mass is 16.7. The van der Waals surface area contributed by atoms with Crippen LogP contribution in [0.2, 0.25) is 0 Å². The molecular weight excluding hydrogens is 983 g/mol. The van der Waals surface area contributed by atoms with Crippen molar-refractivity contribution in [2.45, 2.75) is 309 Å². The highest BCUT2D eigenvalue weighted by Crippen LogP contribution is 2.17. The van der Waals surface area contributed by atoms with E-state index < -0.39 is 24.3 Å². The van der Waals surface area contributed by atoms with Gasteiger partial charge in [-0.25, -0.2) is 4.79 Å². The topological polar surface area (TPSA) is 108 Å². The molecule has 1 N–H and O–H groups in total.